The summed E-state index contributed by atoms with van der Waals surface area (Å²) < 4.78 is 33.1. The molecule has 0 amide bonds. The summed E-state index contributed by atoms with van der Waals surface area (Å²) >= 11 is 0. The molecule has 1 aliphatic heterocycles. The first kappa shape index (κ1) is 25.5. The van der Waals surface area contributed by atoms with Crippen LogP contribution in [0.4, 0.5) is 4.39 Å². The van der Waals surface area contributed by atoms with Crippen molar-refractivity contribution < 1.29 is 18.0 Å². The van der Waals surface area contributed by atoms with E-state index in [0.717, 1.165) is 5.56 Å². The van der Waals surface area contributed by atoms with Crippen molar-refractivity contribution in [1.29, 1.82) is 0 Å². The molecule has 170 valence electrons. The van der Waals surface area contributed by atoms with Gasteiger partial charge in [-0.3, -0.25) is 0 Å². The predicted molar refractivity (Wildman–Crippen MR) is 128 cm³/mol. The van der Waals surface area contributed by atoms with Crippen LogP contribution in [0.1, 0.15) is 53.2 Å². The number of hydrogen-bond acceptors (Lipinski definition) is 3. The van der Waals surface area contributed by atoms with E-state index in [1.807, 2.05) is 6.08 Å². The Hall–Kier alpha value is -0.796. The van der Waals surface area contributed by atoms with Crippen LogP contribution in [0.3, 0.4) is 0 Å². The van der Waals surface area contributed by atoms with Crippen LogP contribution in [-0.4, -0.2) is 35.4 Å². The van der Waals surface area contributed by atoms with Crippen LogP contribution in [0, 0.1) is 5.82 Å². The molecule has 0 saturated heterocycles. The molecular formula is C24H41FO3Si2. The molecular weight excluding hydrogens is 411 g/mol. The zero-order valence-electron chi connectivity index (χ0n) is 20.5. The second kappa shape index (κ2) is 8.98. The lowest BCUT2D eigenvalue weighted by Gasteiger charge is -2.43. The fraction of sp³-hybridized carbons (Fsp3) is 0.667. The molecule has 0 saturated carbocycles. The molecule has 0 spiro atoms. The lowest BCUT2D eigenvalue weighted by Crippen LogP contribution is -2.51. The molecule has 3 nitrogen and oxygen atoms in total. The van der Waals surface area contributed by atoms with Crippen LogP contribution in [0.2, 0.25) is 36.3 Å². The Morgan fingerprint density at radius 1 is 0.867 bits per heavy atom. The average molecular weight is 453 g/mol. The maximum atomic E-state index is 13.4. The second-order valence-electron chi connectivity index (χ2n) is 11.4. The molecule has 3 atom stereocenters. The van der Waals surface area contributed by atoms with Crippen LogP contribution < -0.4 is 0 Å². The van der Waals surface area contributed by atoms with Gasteiger partial charge in [0.25, 0.3) is 0 Å². The first-order valence-corrected chi connectivity index (χ1v) is 16.8. The van der Waals surface area contributed by atoms with Gasteiger partial charge in [0.05, 0.1) is 12.7 Å². The largest absolute Gasteiger partial charge is 0.414 e. The summed E-state index contributed by atoms with van der Waals surface area (Å²) in [4.78, 5) is 0. The monoisotopic (exact) mass is 452 g/mol. The molecule has 2 rings (SSSR count). The van der Waals surface area contributed by atoms with Crippen molar-refractivity contribution in [3.05, 3.63) is 47.8 Å². The summed E-state index contributed by atoms with van der Waals surface area (Å²) in [5.41, 5.74) is 0.941. The maximum absolute atomic E-state index is 13.4. The third-order valence-corrected chi connectivity index (χ3v) is 16.0. The van der Waals surface area contributed by atoms with E-state index >= 15 is 0 Å². The molecule has 0 aromatic heterocycles. The highest BCUT2D eigenvalue weighted by molar-refractivity contribution is 6.74. The van der Waals surface area contributed by atoms with Crippen molar-refractivity contribution in [3.63, 3.8) is 0 Å². The Balaban J connectivity index is 2.26. The number of ether oxygens (including phenoxy) is 1. The summed E-state index contributed by atoms with van der Waals surface area (Å²) in [5.74, 6) is -0.240. The number of halogens is 1. The minimum absolute atomic E-state index is 0.111. The van der Waals surface area contributed by atoms with E-state index in [0.29, 0.717) is 6.61 Å². The Kier molecular flexibility index (Phi) is 7.62. The maximum Gasteiger partial charge on any atom is 0.193 e. The topological polar surface area (TPSA) is 27.7 Å². The van der Waals surface area contributed by atoms with Gasteiger partial charge in [-0.25, -0.2) is 4.39 Å². The first-order chi connectivity index (χ1) is 13.5. The standard InChI is InChI=1S/C24H41FO3Si2/c1-23(2,3)29(7,8)26-17-22-21(28-30(9,10)24(4,5)6)16-15-20(27-22)18-11-13-19(25)14-12-18/h11-16,20-22H,17H2,1-10H3/t20-,21+,22-/m1/s1. The van der Waals surface area contributed by atoms with E-state index in [-0.39, 0.29) is 34.2 Å². The van der Waals surface area contributed by atoms with Gasteiger partial charge < -0.3 is 13.6 Å². The number of rotatable bonds is 6. The van der Waals surface area contributed by atoms with E-state index in [9.17, 15) is 4.39 Å². The fourth-order valence-corrected chi connectivity index (χ4v) is 5.04. The van der Waals surface area contributed by atoms with Crippen LogP contribution in [0.15, 0.2) is 36.4 Å². The van der Waals surface area contributed by atoms with Crippen molar-refractivity contribution in [1.82, 2.24) is 0 Å². The van der Waals surface area contributed by atoms with Gasteiger partial charge in [-0.1, -0.05) is 65.8 Å². The van der Waals surface area contributed by atoms with Gasteiger partial charge in [-0.2, -0.15) is 0 Å². The zero-order valence-corrected chi connectivity index (χ0v) is 22.5. The molecule has 0 bridgehead atoms. The highest BCUT2D eigenvalue weighted by atomic mass is 28.4. The molecule has 30 heavy (non-hydrogen) atoms. The summed E-state index contributed by atoms with van der Waals surface area (Å²) in [6.45, 7) is 23.0. The normalized spacial score (nSPS) is 23.6. The number of benzene rings is 1. The van der Waals surface area contributed by atoms with Crippen LogP contribution in [0.25, 0.3) is 0 Å². The smallest absolute Gasteiger partial charge is 0.193 e. The second-order valence-corrected chi connectivity index (χ2v) is 21.0. The summed E-state index contributed by atoms with van der Waals surface area (Å²) in [6, 6.07) is 6.52. The zero-order chi connectivity index (χ0) is 23.0. The van der Waals surface area contributed by atoms with Crippen molar-refractivity contribution in [2.24, 2.45) is 0 Å². The van der Waals surface area contributed by atoms with Gasteiger partial charge in [-0.05, 0) is 54.0 Å². The van der Waals surface area contributed by atoms with E-state index < -0.39 is 16.6 Å². The molecule has 1 aromatic carbocycles. The predicted octanol–water partition coefficient (Wildman–Crippen LogP) is 7.23. The average Bonchev–Trinajstić information content (AvgIpc) is 2.59. The fourth-order valence-electron chi connectivity index (χ4n) is 2.76. The Morgan fingerprint density at radius 2 is 1.40 bits per heavy atom. The summed E-state index contributed by atoms with van der Waals surface area (Å²) in [5, 5.41) is 0.239. The quantitative estimate of drug-likeness (QED) is 0.336. The van der Waals surface area contributed by atoms with Crippen LogP contribution in [0.5, 0.6) is 0 Å². The first-order valence-electron chi connectivity index (χ1n) is 10.9. The van der Waals surface area contributed by atoms with Crippen LogP contribution >= 0.6 is 0 Å². The van der Waals surface area contributed by atoms with Gasteiger partial charge in [0.2, 0.25) is 0 Å². The van der Waals surface area contributed by atoms with Crippen molar-refractivity contribution >= 4 is 16.6 Å². The molecule has 0 fully saturated rings. The van der Waals surface area contributed by atoms with Gasteiger partial charge in [-0.15, -0.1) is 0 Å². The van der Waals surface area contributed by atoms with E-state index in [1.165, 1.54) is 12.1 Å². The van der Waals surface area contributed by atoms with Crippen molar-refractivity contribution in [3.8, 4) is 0 Å². The Bertz CT molecular complexity index is 730. The Morgan fingerprint density at radius 3 is 1.90 bits per heavy atom. The number of hydrogen-bond donors (Lipinski definition) is 0. The van der Waals surface area contributed by atoms with Gasteiger partial charge >= 0.3 is 0 Å². The molecule has 0 unspecified atom stereocenters. The molecule has 0 N–H and O–H groups in total. The van der Waals surface area contributed by atoms with Crippen LogP contribution in [-0.2, 0) is 13.6 Å². The third-order valence-electron chi connectivity index (χ3n) is 7.01. The van der Waals surface area contributed by atoms with E-state index in [2.05, 4.69) is 73.8 Å². The van der Waals surface area contributed by atoms with E-state index in [1.54, 1.807) is 12.1 Å². The minimum atomic E-state index is -1.98. The molecule has 1 aliphatic rings. The lowest BCUT2D eigenvalue weighted by atomic mass is 10.0. The third kappa shape index (κ3) is 6.13. The summed E-state index contributed by atoms with van der Waals surface area (Å²) in [6.07, 6.45) is 3.59. The van der Waals surface area contributed by atoms with Gasteiger partial charge in [0.1, 0.15) is 18.0 Å². The van der Waals surface area contributed by atoms with Crippen molar-refractivity contribution in [2.75, 3.05) is 6.61 Å². The lowest BCUT2D eigenvalue weighted by molar-refractivity contribution is -0.0739. The molecule has 6 heteroatoms. The molecule has 1 aromatic rings. The minimum Gasteiger partial charge on any atom is -0.414 e. The van der Waals surface area contributed by atoms with E-state index in [4.69, 9.17) is 13.6 Å². The SMILES string of the molecule is CC(C)(C)[Si](C)(C)OC[C@H]1O[C@@H](c2ccc(F)cc2)C=C[C@@H]1O[Si](C)(C)C(C)(C)C. The summed E-state index contributed by atoms with van der Waals surface area (Å²) in [7, 11) is -3.90. The van der Waals surface area contributed by atoms with Gasteiger partial charge in [0.15, 0.2) is 16.6 Å². The molecule has 0 aliphatic carbocycles. The highest BCUT2D eigenvalue weighted by Crippen LogP contribution is 2.40. The van der Waals surface area contributed by atoms with Crippen molar-refractivity contribution in [2.45, 2.75) is 96.1 Å². The highest BCUT2D eigenvalue weighted by Gasteiger charge is 2.43. The molecule has 0 radical (unpaired) electrons. The molecule has 1 heterocycles. The van der Waals surface area contributed by atoms with Gasteiger partial charge in [0, 0.05) is 0 Å². The Labute approximate surface area is 185 Å².